The van der Waals surface area contributed by atoms with Crippen LogP contribution in [-0.4, -0.2) is 33.5 Å². The summed E-state index contributed by atoms with van der Waals surface area (Å²) in [4.78, 5) is 11.8. The van der Waals surface area contributed by atoms with Crippen molar-refractivity contribution in [2.75, 3.05) is 6.54 Å². The average Bonchev–Trinajstić information content (AvgIpc) is 2.88. The van der Waals surface area contributed by atoms with Gasteiger partial charge in [-0.15, -0.1) is 17.5 Å². The second kappa shape index (κ2) is 7.02. The van der Waals surface area contributed by atoms with Crippen molar-refractivity contribution in [3.05, 3.63) is 41.7 Å². The minimum atomic E-state index is -0.267. The zero-order valence-corrected chi connectivity index (χ0v) is 12.2. The second-order valence-corrected chi connectivity index (χ2v) is 4.50. The number of rotatable bonds is 4. The number of carbonyl (C=O) groups excluding carboxylic acids is 1. The van der Waals surface area contributed by atoms with E-state index >= 15 is 0 Å². The molecule has 0 bridgehead atoms. The van der Waals surface area contributed by atoms with E-state index in [4.69, 9.17) is 5.73 Å². The monoisotopic (exact) mass is 295 g/mol. The lowest BCUT2D eigenvalue weighted by atomic mass is 10.2. The summed E-state index contributed by atoms with van der Waals surface area (Å²) in [7, 11) is 0. The molecule has 1 heterocycles. The van der Waals surface area contributed by atoms with Crippen molar-refractivity contribution in [2.24, 2.45) is 5.73 Å². The zero-order chi connectivity index (χ0) is 13.8. The van der Waals surface area contributed by atoms with Gasteiger partial charge >= 0.3 is 0 Å². The number of carbonyl (C=O) groups is 1. The number of aromatic nitrogens is 3. The first-order chi connectivity index (χ1) is 9.10. The van der Waals surface area contributed by atoms with E-state index < -0.39 is 0 Å². The highest BCUT2D eigenvalue weighted by Crippen LogP contribution is 2.09. The molecular weight excluding hydrogens is 278 g/mol. The van der Waals surface area contributed by atoms with E-state index in [-0.39, 0.29) is 30.0 Å². The molecule has 0 saturated carbocycles. The molecule has 6 nitrogen and oxygen atoms in total. The van der Waals surface area contributed by atoms with Crippen LogP contribution in [0.5, 0.6) is 0 Å². The van der Waals surface area contributed by atoms with Crippen LogP contribution < -0.4 is 11.1 Å². The molecule has 7 heteroatoms. The fourth-order valence-corrected chi connectivity index (χ4v) is 1.62. The van der Waals surface area contributed by atoms with Crippen LogP contribution >= 0.6 is 12.4 Å². The molecular formula is C13H18ClN5O. The maximum atomic E-state index is 11.8. The Morgan fingerprint density at radius 3 is 2.90 bits per heavy atom. The number of nitrogens with two attached hydrogens (primary N) is 1. The molecule has 1 amide bonds. The number of hydrogen-bond acceptors (Lipinski definition) is 4. The van der Waals surface area contributed by atoms with Crippen molar-refractivity contribution in [2.45, 2.75) is 19.9 Å². The lowest BCUT2D eigenvalue weighted by Crippen LogP contribution is -2.37. The molecule has 1 atom stereocenters. The normalized spacial score (nSPS) is 11.6. The topological polar surface area (TPSA) is 85.8 Å². The molecule has 0 saturated heterocycles. The molecule has 20 heavy (non-hydrogen) atoms. The Morgan fingerprint density at radius 2 is 2.25 bits per heavy atom. The average molecular weight is 296 g/mol. The van der Waals surface area contributed by atoms with Gasteiger partial charge in [-0.05, 0) is 31.5 Å². The van der Waals surface area contributed by atoms with E-state index in [1.807, 2.05) is 38.1 Å². The molecule has 0 aliphatic rings. The molecule has 0 unspecified atom stereocenters. The molecule has 0 aliphatic heterocycles. The summed E-state index contributed by atoms with van der Waals surface area (Å²) in [6, 6.07) is 7.72. The highest BCUT2D eigenvalue weighted by atomic mass is 35.5. The van der Waals surface area contributed by atoms with E-state index in [2.05, 4.69) is 15.6 Å². The molecule has 1 aromatic carbocycles. The van der Waals surface area contributed by atoms with Gasteiger partial charge in [0.25, 0.3) is 5.91 Å². The molecule has 2 aromatic rings. The fourth-order valence-electron chi connectivity index (χ4n) is 1.62. The number of nitrogens with zero attached hydrogens (tertiary/aromatic N) is 3. The first-order valence-electron chi connectivity index (χ1n) is 6.10. The molecule has 0 spiro atoms. The summed E-state index contributed by atoms with van der Waals surface area (Å²) in [5, 5.41) is 10.6. The molecule has 108 valence electrons. The van der Waals surface area contributed by atoms with Crippen molar-refractivity contribution < 1.29 is 4.79 Å². The third-order valence-electron chi connectivity index (χ3n) is 2.72. The first-order valence-corrected chi connectivity index (χ1v) is 6.10. The van der Waals surface area contributed by atoms with Crippen LogP contribution in [0.4, 0.5) is 0 Å². The summed E-state index contributed by atoms with van der Waals surface area (Å²) >= 11 is 0. The molecule has 0 fully saturated rings. The zero-order valence-electron chi connectivity index (χ0n) is 11.4. The standard InChI is InChI=1S/C13H17N5O.ClH/c1-9-4-3-5-11(6-9)18-8-12(16-17-18)13(19)15-10(2)7-14;/h3-6,8,10H,7,14H2,1-2H3,(H,15,19);1H/t10-;/m0./s1. The summed E-state index contributed by atoms with van der Waals surface area (Å²) in [5.74, 6) is -0.267. The molecule has 1 aromatic heterocycles. The third kappa shape index (κ3) is 3.79. The number of hydrogen-bond donors (Lipinski definition) is 2. The third-order valence-corrected chi connectivity index (χ3v) is 2.72. The number of amides is 1. The van der Waals surface area contributed by atoms with Crippen LogP contribution in [0.2, 0.25) is 0 Å². The Bertz CT molecular complexity index is 584. The maximum Gasteiger partial charge on any atom is 0.273 e. The van der Waals surface area contributed by atoms with E-state index in [0.29, 0.717) is 6.54 Å². The Labute approximate surface area is 123 Å². The lowest BCUT2D eigenvalue weighted by Gasteiger charge is -2.08. The summed E-state index contributed by atoms with van der Waals surface area (Å²) < 4.78 is 1.58. The number of nitrogens with one attached hydrogen (secondary N) is 1. The summed E-state index contributed by atoms with van der Waals surface area (Å²) in [6.07, 6.45) is 1.60. The lowest BCUT2D eigenvalue weighted by molar-refractivity contribution is 0.0936. The summed E-state index contributed by atoms with van der Waals surface area (Å²) in [5.41, 5.74) is 7.73. The largest absolute Gasteiger partial charge is 0.347 e. The van der Waals surface area contributed by atoms with Gasteiger partial charge in [-0.3, -0.25) is 4.79 Å². The van der Waals surface area contributed by atoms with Gasteiger partial charge in [0.1, 0.15) is 0 Å². The van der Waals surface area contributed by atoms with Crippen LogP contribution in [0.25, 0.3) is 5.69 Å². The van der Waals surface area contributed by atoms with Crippen molar-refractivity contribution >= 4 is 18.3 Å². The highest BCUT2D eigenvalue weighted by Gasteiger charge is 2.13. The Morgan fingerprint density at radius 1 is 1.50 bits per heavy atom. The number of aryl methyl sites for hydroxylation is 1. The predicted molar refractivity (Wildman–Crippen MR) is 79.3 cm³/mol. The van der Waals surface area contributed by atoms with Crippen molar-refractivity contribution in [1.29, 1.82) is 0 Å². The predicted octanol–water partition coefficient (Wildman–Crippen LogP) is 1.07. The number of benzene rings is 1. The van der Waals surface area contributed by atoms with Gasteiger partial charge in [-0.2, -0.15) is 0 Å². The van der Waals surface area contributed by atoms with Crippen LogP contribution in [0.15, 0.2) is 30.5 Å². The fraction of sp³-hybridized carbons (Fsp3) is 0.308. The van der Waals surface area contributed by atoms with Gasteiger partial charge in [-0.25, -0.2) is 4.68 Å². The molecule has 0 radical (unpaired) electrons. The van der Waals surface area contributed by atoms with E-state index in [1.54, 1.807) is 10.9 Å². The van der Waals surface area contributed by atoms with Crippen molar-refractivity contribution in [1.82, 2.24) is 20.3 Å². The number of halogens is 1. The quantitative estimate of drug-likeness (QED) is 0.883. The smallest absolute Gasteiger partial charge is 0.273 e. The van der Waals surface area contributed by atoms with E-state index in [0.717, 1.165) is 11.3 Å². The highest BCUT2D eigenvalue weighted by molar-refractivity contribution is 5.92. The SMILES string of the molecule is Cc1cccc(-n2cc(C(=O)N[C@@H](C)CN)nn2)c1.Cl. The maximum absolute atomic E-state index is 11.8. The van der Waals surface area contributed by atoms with Gasteiger partial charge in [0.05, 0.1) is 11.9 Å². The van der Waals surface area contributed by atoms with Crippen LogP contribution in [0, 0.1) is 6.92 Å². The molecule has 3 N–H and O–H groups in total. The van der Waals surface area contributed by atoms with E-state index in [9.17, 15) is 4.79 Å². The van der Waals surface area contributed by atoms with Gasteiger partial charge in [0.2, 0.25) is 0 Å². The Balaban J connectivity index is 0.00000200. The molecule has 0 aliphatic carbocycles. The second-order valence-electron chi connectivity index (χ2n) is 4.50. The van der Waals surface area contributed by atoms with Gasteiger partial charge in [-0.1, -0.05) is 17.3 Å². The minimum absolute atomic E-state index is 0. The Hall–Kier alpha value is -1.92. The van der Waals surface area contributed by atoms with Gasteiger partial charge in [0.15, 0.2) is 5.69 Å². The van der Waals surface area contributed by atoms with Crippen LogP contribution in [0.3, 0.4) is 0 Å². The van der Waals surface area contributed by atoms with E-state index in [1.165, 1.54) is 0 Å². The summed E-state index contributed by atoms with van der Waals surface area (Å²) in [6.45, 7) is 4.22. The van der Waals surface area contributed by atoms with Crippen LogP contribution in [0.1, 0.15) is 23.0 Å². The molecule has 2 rings (SSSR count). The Kier molecular flexibility index (Phi) is 5.66. The first kappa shape index (κ1) is 16.1. The van der Waals surface area contributed by atoms with Gasteiger partial charge < -0.3 is 11.1 Å². The minimum Gasteiger partial charge on any atom is -0.347 e. The van der Waals surface area contributed by atoms with Crippen molar-refractivity contribution in [3.63, 3.8) is 0 Å². The van der Waals surface area contributed by atoms with Crippen LogP contribution in [-0.2, 0) is 0 Å². The van der Waals surface area contributed by atoms with Crippen molar-refractivity contribution in [3.8, 4) is 5.69 Å². The van der Waals surface area contributed by atoms with Gasteiger partial charge in [0, 0.05) is 12.6 Å².